The number of nitrogens with one attached hydrogen (secondary N) is 1. The standard InChI is InChI=1S/C23H14F5N3O/c24-15-5-7-16(8-6-15)31-20-9-4-14(10-13(20)11-30-31)22(32,23(26,27)28)18-12-29-21-17(18)2-1-3-19(21)25/h1-12,29,32H. The lowest BCUT2D eigenvalue weighted by molar-refractivity contribution is -0.247. The molecule has 0 fully saturated rings. The number of halogens is 5. The smallest absolute Gasteiger partial charge is 0.372 e. The zero-order valence-electron chi connectivity index (χ0n) is 16.2. The molecule has 5 rings (SSSR count). The highest BCUT2D eigenvalue weighted by atomic mass is 19.4. The minimum Gasteiger partial charge on any atom is -0.372 e. The summed E-state index contributed by atoms with van der Waals surface area (Å²) in [6, 6.07) is 12.9. The van der Waals surface area contributed by atoms with E-state index in [-0.39, 0.29) is 10.9 Å². The van der Waals surface area contributed by atoms with E-state index >= 15 is 0 Å². The normalized spacial score (nSPS) is 14.2. The van der Waals surface area contributed by atoms with Crippen LogP contribution in [0.4, 0.5) is 22.0 Å². The van der Waals surface area contributed by atoms with Crippen molar-refractivity contribution < 1.29 is 27.1 Å². The van der Waals surface area contributed by atoms with Gasteiger partial charge in [-0.3, -0.25) is 0 Å². The molecule has 0 saturated heterocycles. The number of aromatic nitrogens is 3. The first-order valence-corrected chi connectivity index (χ1v) is 9.49. The third-order valence-electron chi connectivity index (χ3n) is 5.52. The molecular formula is C23H14F5N3O. The number of fused-ring (bicyclic) bond motifs is 2. The van der Waals surface area contributed by atoms with Crippen LogP contribution in [0.2, 0.25) is 0 Å². The Hall–Kier alpha value is -3.72. The van der Waals surface area contributed by atoms with Crippen LogP contribution >= 0.6 is 0 Å². The molecule has 1 atom stereocenters. The van der Waals surface area contributed by atoms with Crippen LogP contribution in [-0.4, -0.2) is 26.0 Å². The average Bonchev–Trinajstić information content (AvgIpc) is 3.38. The van der Waals surface area contributed by atoms with E-state index in [1.165, 1.54) is 59.4 Å². The lowest BCUT2D eigenvalue weighted by atomic mass is 9.85. The fourth-order valence-electron chi connectivity index (χ4n) is 3.93. The summed E-state index contributed by atoms with van der Waals surface area (Å²) in [4.78, 5) is 2.49. The third kappa shape index (κ3) is 2.89. The second-order valence-corrected chi connectivity index (χ2v) is 7.38. The van der Waals surface area contributed by atoms with Crippen molar-refractivity contribution in [3.63, 3.8) is 0 Å². The van der Waals surface area contributed by atoms with E-state index < -0.39 is 34.5 Å². The second-order valence-electron chi connectivity index (χ2n) is 7.38. The highest BCUT2D eigenvalue weighted by Gasteiger charge is 2.57. The first-order chi connectivity index (χ1) is 15.2. The minimum absolute atomic E-state index is 0.0769. The van der Waals surface area contributed by atoms with Gasteiger partial charge >= 0.3 is 6.18 Å². The largest absolute Gasteiger partial charge is 0.425 e. The highest BCUT2D eigenvalue weighted by molar-refractivity contribution is 5.86. The Balaban J connectivity index is 1.70. The molecule has 0 radical (unpaired) electrons. The Labute approximate surface area is 177 Å². The summed E-state index contributed by atoms with van der Waals surface area (Å²) in [5.41, 5.74) is -3.49. The van der Waals surface area contributed by atoms with Crippen molar-refractivity contribution in [1.82, 2.24) is 14.8 Å². The number of para-hydroxylation sites is 1. The predicted octanol–water partition coefficient (Wildman–Crippen LogP) is 5.58. The maximum absolute atomic E-state index is 14.3. The van der Waals surface area contributed by atoms with Gasteiger partial charge in [-0.1, -0.05) is 18.2 Å². The van der Waals surface area contributed by atoms with Crippen LogP contribution in [0.5, 0.6) is 0 Å². The Morgan fingerprint density at radius 1 is 0.938 bits per heavy atom. The van der Waals surface area contributed by atoms with Crippen molar-refractivity contribution in [3.8, 4) is 5.69 Å². The van der Waals surface area contributed by atoms with E-state index in [0.717, 1.165) is 18.3 Å². The van der Waals surface area contributed by atoms with Gasteiger partial charge in [0.15, 0.2) is 0 Å². The molecule has 2 N–H and O–H groups in total. The molecule has 162 valence electrons. The molecule has 4 nitrogen and oxygen atoms in total. The lowest BCUT2D eigenvalue weighted by Crippen LogP contribution is -2.43. The van der Waals surface area contributed by atoms with Crippen LogP contribution in [0.3, 0.4) is 0 Å². The molecule has 0 aliphatic heterocycles. The average molecular weight is 443 g/mol. The molecule has 32 heavy (non-hydrogen) atoms. The van der Waals surface area contributed by atoms with Crippen LogP contribution in [-0.2, 0) is 5.60 Å². The number of alkyl halides is 3. The van der Waals surface area contributed by atoms with E-state index in [2.05, 4.69) is 10.1 Å². The van der Waals surface area contributed by atoms with Gasteiger partial charge in [0.2, 0.25) is 5.60 Å². The Bertz CT molecular complexity index is 1450. The molecule has 0 bridgehead atoms. The molecule has 0 spiro atoms. The van der Waals surface area contributed by atoms with Crippen LogP contribution in [0.15, 0.2) is 73.1 Å². The fourth-order valence-corrected chi connectivity index (χ4v) is 3.93. The number of aliphatic hydroxyl groups is 1. The van der Waals surface area contributed by atoms with Crippen LogP contribution in [0, 0.1) is 11.6 Å². The van der Waals surface area contributed by atoms with Crippen LogP contribution in [0.1, 0.15) is 11.1 Å². The number of aromatic amines is 1. The van der Waals surface area contributed by atoms with Crippen molar-refractivity contribution in [2.75, 3.05) is 0 Å². The highest BCUT2D eigenvalue weighted by Crippen LogP contribution is 2.47. The quantitative estimate of drug-likeness (QED) is 0.358. The first kappa shape index (κ1) is 20.2. The van der Waals surface area contributed by atoms with Crippen molar-refractivity contribution in [3.05, 3.63) is 95.8 Å². The molecule has 0 aliphatic rings. The van der Waals surface area contributed by atoms with Gasteiger partial charge in [0.05, 0.1) is 22.9 Å². The van der Waals surface area contributed by atoms with Crippen molar-refractivity contribution in [2.24, 2.45) is 0 Å². The Morgan fingerprint density at radius 2 is 1.69 bits per heavy atom. The Kier molecular flexibility index (Phi) is 4.35. The number of hydrogen-bond acceptors (Lipinski definition) is 2. The lowest BCUT2D eigenvalue weighted by Gasteiger charge is -2.31. The van der Waals surface area contributed by atoms with E-state index in [4.69, 9.17) is 0 Å². The van der Waals surface area contributed by atoms with Crippen molar-refractivity contribution >= 4 is 21.8 Å². The Morgan fingerprint density at radius 3 is 2.41 bits per heavy atom. The molecule has 2 aromatic heterocycles. The summed E-state index contributed by atoms with van der Waals surface area (Å²) in [5.74, 6) is -1.16. The SMILES string of the molecule is OC(c1ccc2c(cnn2-c2ccc(F)cc2)c1)(c1c[nH]c2c(F)cccc12)C(F)(F)F. The van der Waals surface area contributed by atoms with E-state index in [0.29, 0.717) is 16.6 Å². The first-order valence-electron chi connectivity index (χ1n) is 9.49. The zero-order chi connectivity index (χ0) is 22.7. The third-order valence-corrected chi connectivity index (χ3v) is 5.52. The summed E-state index contributed by atoms with van der Waals surface area (Å²) in [7, 11) is 0. The molecule has 5 aromatic rings. The maximum atomic E-state index is 14.3. The fraction of sp³-hybridized carbons (Fsp3) is 0.0870. The van der Waals surface area contributed by atoms with Crippen LogP contribution < -0.4 is 0 Å². The molecule has 1 unspecified atom stereocenters. The van der Waals surface area contributed by atoms with Gasteiger partial charge in [-0.15, -0.1) is 0 Å². The van der Waals surface area contributed by atoms with Gasteiger partial charge in [0.1, 0.15) is 11.6 Å². The number of nitrogens with zero attached hydrogens (tertiary/aromatic N) is 2. The maximum Gasteiger partial charge on any atom is 0.425 e. The molecule has 2 heterocycles. The molecule has 9 heteroatoms. The van der Waals surface area contributed by atoms with Gasteiger partial charge in [0.25, 0.3) is 0 Å². The summed E-state index contributed by atoms with van der Waals surface area (Å²) in [6.07, 6.45) is -2.78. The van der Waals surface area contributed by atoms with Gasteiger partial charge in [0, 0.05) is 22.5 Å². The number of benzene rings is 3. The van der Waals surface area contributed by atoms with Gasteiger partial charge in [-0.2, -0.15) is 18.3 Å². The van der Waals surface area contributed by atoms with E-state index in [9.17, 15) is 27.1 Å². The van der Waals surface area contributed by atoms with Gasteiger partial charge in [-0.25, -0.2) is 13.5 Å². The molecule has 0 saturated carbocycles. The molecule has 3 aromatic carbocycles. The topological polar surface area (TPSA) is 53.8 Å². The second kappa shape index (κ2) is 6.89. The number of hydrogen-bond donors (Lipinski definition) is 2. The van der Waals surface area contributed by atoms with Gasteiger partial charge in [-0.05, 0) is 48.0 Å². The molecule has 0 aliphatic carbocycles. The molecule has 0 amide bonds. The van der Waals surface area contributed by atoms with Crippen molar-refractivity contribution in [1.29, 1.82) is 0 Å². The summed E-state index contributed by atoms with van der Waals surface area (Å²) in [6.45, 7) is 0. The summed E-state index contributed by atoms with van der Waals surface area (Å²) < 4.78 is 71.6. The summed E-state index contributed by atoms with van der Waals surface area (Å²) in [5, 5.41) is 15.5. The van der Waals surface area contributed by atoms with Crippen LogP contribution in [0.25, 0.3) is 27.5 Å². The van der Waals surface area contributed by atoms with Crippen molar-refractivity contribution in [2.45, 2.75) is 11.8 Å². The summed E-state index contributed by atoms with van der Waals surface area (Å²) >= 11 is 0. The van der Waals surface area contributed by atoms with Gasteiger partial charge < -0.3 is 10.1 Å². The number of rotatable bonds is 3. The predicted molar refractivity (Wildman–Crippen MR) is 108 cm³/mol. The molecular weight excluding hydrogens is 429 g/mol. The number of H-pyrrole nitrogens is 1. The van der Waals surface area contributed by atoms with E-state index in [1.807, 2.05) is 0 Å². The zero-order valence-corrected chi connectivity index (χ0v) is 16.2. The monoisotopic (exact) mass is 443 g/mol. The van der Waals surface area contributed by atoms with E-state index in [1.54, 1.807) is 0 Å². The minimum atomic E-state index is -5.10.